The largest absolute Gasteiger partial charge is 0.358 e. The molecular weight excluding hydrogens is 226 g/mol. The van der Waals surface area contributed by atoms with Crippen molar-refractivity contribution in [3.05, 3.63) is 34.4 Å². The summed E-state index contributed by atoms with van der Waals surface area (Å²) in [6.07, 6.45) is 2.71. The van der Waals surface area contributed by atoms with E-state index in [1.165, 1.54) is 29.4 Å². The third-order valence-corrected chi connectivity index (χ3v) is 3.12. The molecule has 0 unspecified atom stereocenters. The highest BCUT2D eigenvalue weighted by Gasteiger charge is 2.24. The van der Waals surface area contributed by atoms with Gasteiger partial charge in [-0.25, -0.2) is 0 Å². The maximum absolute atomic E-state index is 3.47. The SMILES string of the molecule is Brc1ccc2cc(C3CC3)[nH]c2c1. The van der Waals surface area contributed by atoms with Crippen molar-refractivity contribution in [2.24, 2.45) is 0 Å². The highest BCUT2D eigenvalue weighted by atomic mass is 79.9. The van der Waals surface area contributed by atoms with Crippen LogP contribution in [0.4, 0.5) is 0 Å². The van der Waals surface area contributed by atoms with Gasteiger partial charge in [-0.1, -0.05) is 22.0 Å². The standard InChI is InChI=1S/C11H10BrN/c12-9-4-3-8-5-10(7-1-2-7)13-11(8)6-9/h3-7,13H,1-2H2. The van der Waals surface area contributed by atoms with Gasteiger partial charge in [-0.15, -0.1) is 0 Å². The van der Waals surface area contributed by atoms with E-state index < -0.39 is 0 Å². The Labute approximate surface area is 85.3 Å². The highest BCUT2D eigenvalue weighted by Crippen LogP contribution is 2.40. The van der Waals surface area contributed by atoms with Crippen molar-refractivity contribution in [1.29, 1.82) is 0 Å². The Morgan fingerprint density at radius 2 is 2.08 bits per heavy atom. The number of fused-ring (bicyclic) bond motifs is 1. The normalized spacial score (nSPS) is 16.7. The summed E-state index contributed by atoms with van der Waals surface area (Å²) in [4.78, 5) is 3.47. The molecule has 1 heterocycles. The number of benzene rings is 1. The van der Waals surface area contributed by atoms with Gasteiger partial charge in [0.15, 0.2) is 0 Å². The fourth-order valence-electron chi connectivity index (χ4n) is 1.74. The Morgan fingerprint density at radius 1 is 1.23 bits per heavy atom. The second-order valence-electron chi connectivity index (χ2n) is 3.73. The van der Waals surface area contributed by atoms with Crippen LogP contribution in [0.1, 0.15) is 24.5 Å². The lowest BCUT2D eigenvalue weighted by Gasteiger charge is -1.90. The van der Waals surface area contributed by atoms with Gasteiger partial charge in [-0.3, -0.25) is 0 Å². The molecule has 13 heavy (non-hydrogen) atoms. The van der Waals surface area contributed by atoms with Crippen LogP contribution in [-0.2, 0) is 0 Å². The van der Waals surface area contributed by atoms with Crippen molar-refractivity contribution in [2.45, 2.75) is 18.8 Å². The molecule has 1 aliphatic carbocycles. The Morgan fingerprint density at radius 3 is 2.85 bits per heavy atom. The van der Waals surface area contributed by atoms with E-state index in [0.29, 0.717) is 0 Å². The van der Waals surface area contributed by atoms with E-state index in [9.17, 15) is 0 Å². The summed E-state index contributed by atoms with van der Waals surface area (Å²) in [6.45, 7) is 0. The van der Waals surface area contributed by atoms with Crippen LogP contribution in [0.15, 0.2) is 28.7 Å². The number of halogens is 1. The van der Waals surface area contributed by atoms with E-state index in [-0.39, 0.29) is 0 Å². The maximum Gasteiger partial charge on any atom is 0.0467 e. The minimum absolute atomic E-state index is 0.811. The van der Waals surface area contributed by atoms with Gasteiger partial charge in [0.05, 0.1) is 0 Å². The number of nitrogens with one attached hydrogen (secondary N) is 1. The van der Waals surface area contributed by atoms with Gasteiger partial charge < -0.3 is 4.98 Å². The van der Waals surface area contributed by atoms with Gasteiger partial charge in [-0.2, -0.15) is 0 Å². The molecule has 0 amide bonds. The Kier molecular flexibility index (Phi) is 1.53. The predicted molar refractivity (Wildman–Crippen MR) is 58.0 cm³/mol. The van der Waals surface area contributed by atoms with Crippen molar-refractivity contribution in [3.63, 3.8) is 0 Å². The summed E-state index contributed by atoms with van der Waals surface area (Å²) in [6, 6.07) is 8.66. The fraction of sp³-hybridized carbons (Fsp3) is 0.273. The summed E-state index contributed by atoms with van der Waals surface area (Å²) < 4.78 is 1.14. The van der Waals surface area contributed by atoms with Crippen LogP contribution in [0.3, 0.4) is 0 Å². The van der Waals surface area contributed by atoms with Crippen molar-refractivity contribution in [1.82, 2.24) is 4.98 Å². The van der Waals surface area contributed by atoms with E-state index in [1.807, 2.05) is 0 Å². The zero-order valence-electron chi connectivity index (χ0n) is 7.18. The Bertz CT molecular complexity index is 454. The lowest BCUT2D eigenvalue weighted by Crippen LogP contribution is -1.74. The second kappa shape index (κ2) is 2.61. The summed E-state index contributed by atoms with van der Waals surface area (Å²) in [5, 5.41) is 1.32. The van der Waals surface area contributed by atoms with Crippen molar-refractivity contribution in [2.75, 3.05) is 0 Å². The number of hydrogen-bond donors (Lipinski definition) is 1. The van der Waals surface area contributed by atoms with Gasteiger partial charge in [0.1, 0.15) is 0 Å². The number of rotatable bonds is 1. The zero-order valence-corrected chi connectivity index (χ0v) is 8.76. The van der Waals surface area contributed by atoms with Crippen molar-refractivity contribution >= 4 is 26.8 Å². The molecule has 1 nitrogen and oxygen atoms in total. The summed E-state index contributed by atoms with van der Waals surface area (Å²) in [7, 11) is 0. The first-order valence-corrected chi connectivity index (χ1v) is 5.40. The molecule has 2 heteroatoms. The highest BCUT2D eigenvalue weighted by molar-refractivity contribution is 9.10. The van der Waals surface area contributed by atoms with Crippen LogP contribution in [0.5, 0.6) is 0 Å². The average molecular weight is 236 g/mol. The molecule has 1 N–H and O–H groups in total. The van der Waals surface area contributed by atoms with E-state index in [2.05, 4.69) is 45.2 Å². The lowest BCUT2D eigenvalue weighted by molar-refractivity contribution is 1.06. The smallest absolute Gasteiger partial charge is 0.0467 e. The monoisotopic (exact) mass is 235 g/mol. The predicted octanol–water partition coefficient (Wildman–Crippen LogP) is 3.81. The number of hydrogen-bond acceptors (Lipinski definition) is 0. The maximum atomic E-state index is 3.47. The molecule has 1 fully saturated rings. The molecule has 2 aromatic rings. The molecule has 0 saturated heterocycles. The van der Waals surface area contributed by atoms with Crippen molar-refractivity contribution < 1.29 is 0 Å². The van der Waals surface area contributed by atoms with Crippen LogP contribution in [0, 0.1) is 0 Å². The average Bonchev–Trinajstić information content (AvgIpc) is 2.87. The van der Waals surface area contributed by atoms with Crippen molar-refractivity contribution in [3.8, 4) is 0 Å². The van der Waals surface area contributed by atoms with Gasteiger partial charge >= 0.3 is 0 Å². The molecule has 66 valence electrons. The summed E-state index contributed by atoms with van der Waals surface area (Å²) in [5.41, 5.74) is 2.66. The molecule has 0 aliphatic heterocycles. The number of aromatic amines is 1. The lowest BCUT2D eigenvalue weighted by atomic mass is 10.2. The van der Waals surface area contributed by atoms with Crippen LogP contribution in [0.25, 0.3) is 10.9 Å². The molecular formula is C11H10BrN. The minimum Gasteiger partial charge on any atom is -0.358 e. The molecule has 1 aliphatic rings. The summed E-state index contributed by atoms with van der Waals surface area (Å²) >= 11 is 3.47. The second-order valence-corrected chi connectivity index (χ2v) is 4.65. The first-order chi connectivity index (χ1) is 6.33. The third kappa shape index (κ3) is 1.29. The molecule has 0 spiro atoms. The number of H-pyrrole nitrogens is 1. The molecule has 1 saturated carbocycles. The fourth-order valence-corrected chi connectivity index (χ4v) is 2.10. The van der Waals surface area contributed by atoms with E-state index in [0.717, 1.165) is 10.4 Å². The van der Waals surface area contributed by atoms with Crippen LogP contribution >= 0.6 is 15.9 Å². The zero-order chi connectivity index (χ0) is 8.84. The third-order valence-electron chi connectivity index (χ3n) is 2.62. The number of aromatic nitrogens is 1. The molecule has 3 rings (SSSR count). The van der Waals surface area contributed by atoms with Gasteiger partial charge in [0.2, 0.25) is 0 Å². The van der Waals surface area contributed by atoms with E-state index >= 15 is 0 Å². The molecule has 1 aromatic carbocycles. The molecule has 1 aromatic heterocycles. The van der Waals surface area contributed by atoms with Crippen LogP contribution < -0.4 is 0 Å². The quantitative estimate of drug-likeness (QED) is 0.774. The summed E-state index contributed by atoms with van der Waals surface area (Å²) in [5.74, 6) is 0.811. The minimum atomic E-state index is 0.811. The Balaban J connectivity index is 2.20. The Hall–Kier alpha value is -0.760. The topological polar surface area (TPSA) is 15.8 Å². The van der Waals surface area contributed by atoms with Gasteiger partial charge in [0.25, 0.3) is 0 Å². The van der Waals surface area contributed by atoms with Crippen LogP contribution in [0.2, 0.25) is 0 Å². The first kappa shape index (κ1) is 7.63. The van der Waals surface area contributed by atoms with Crippen LogP contribution in [-0.4, -0.2) is 4.98 Å². The first-order valence-electron chi connectivity index (χ1n) is 4.61. The molecule has 0 atom stereocenters. The van der Waals surface area contributed by atoms with Gasteiger partial charge in [0, 0.05) is 15.7 Å². The molecule has 0 bridgehead atoms. The van der Waals surface area contributed by atoms with E-state index in [4.69, 9.17) is 0 Å². The molecule has 0 radical (unpaired) electrons. The van der Waals surface area contributed by atoms with Gasteiger partial charge in [-0.05, 0) is 42.3 Å². The van der Waals surface area contributed by atoms with E-state index in [1.54, 1.807) is 0 Å².